The SMILES string of the molecule is Cn1c(-c2ccccc2Cl)c(-c2ccc(Cl)cc2)c2ncc(CNCC(C)(F)F)c(=O)n21. The zero-order chi connectivity index (χ0) is 23.0. The number of rotatable bonds is 6. The minimum atomic E-state index is -2.88. The second-order valence-corrected chi connectivity index (χ2v) is 8.48. The molecule has 0 spiro atoms. The van der Waals surface area contributed by atoms with Crippen LogP contribution in [0.25, 0.3) is 28.0 Å². The molecule has 2 aromatic heterocycles. The summed E-state index contributed by atoms with van der Waals surface area (Å²) in [6.45, 7) is 0.254. The molecule has 0 atom stereocenters. The molecule has 4 rings (SSSR count). The quantitative estimate of drug-likeness (QED) is 0.404. The zero-order valence-electron chi connectivity index (χ0n) is 17.4. The minimum Gasteiger partial charge on any atom is -0.307 e. The molecule has 1 N–H and O–H groups in total. The minimum absolute atomic E-state index is 0.0267. The first kappa shape index (κ1) is 22.5. The Balaban J connectivity index is 1.95. The summed E-state index contributed by atoms with van der Waals surface area (Å²) in [6.07, 6.45) is 1.42. The predicted octanol–water partition coefficient (Wildman–Crippen LogP) is 5.42. The molecular formula is C23H20Cl2F2N4O. The Morgan fingerprint density at radius 3 is 2.44 bits per heavy atom. The highest BCUT2D eigenvalue weighted by molar-refractivity contribution is 6.33. The maximum absolute atomic E-state index is 13.3. The van der Waals surface area contributed by atoms with E-state index in [1.54, 1.807) is 29.9 Å². The smallest absolute Gasteiger partial charge is 0.277 e. The van der Waals surface area contributed by atoms with Crippen LogP contribution in [0, 0.1) is 0 Å². The van der Waals surface area contributed by atoms with Crippen LogP contribution in [0.5, 0.6) is 0 Å². The number of hydrogen-bond acceptors (Lipinski definition) is 3. The van der Waals surface area contributed by atoms with Crippen molar-refractivity contribution in [3.8, 4) is 22.4 Å². The Hall–Kier alpha value is -2.74. The van der Waals surface area contributed by atoms with Crippen molar-refractivity contribution in [3.05, 3.63) is 80.7 Å². The maximum Gasteiger partial charge on any atom is 0.277 e. The molecule has 2 heterocycles. The van der Waals surface area contributed by atoms with Crippen LogP contribution in [0.3, 0.4) is 0 Å². The van der Waals surface area contributed by atoms with Crippen molar-refractivity contribution in [2.24, 2.45) is 7.05 Å². The van der Waals surface area contributed by atoms with Gasteiger partial charge in [0.05, 0.1) is 23.4 Å². The van der Waals surface area contributed by atoms with Gasteiger partial charge in [-0.2, -0.15) is 4.52 Å². The van der Waals surface area contributed by atoms with E-state index in [-0.39, 0.29) is 17.7 Å². The highest BCUT2D eigenvalue weighted by atomic mass is 35.5. The van der Waals surface area contributed by atoms with Crippen molar-refractivity contribution in [2.45, 2.75) is 19.4 Å². The lowest BCUT2D eigenvalue weighted by Gasteiger charge is -2.11. The van der Waals surface area contributed by atoms with Crippen molar-refractivity contribution < 1.29 is 8.78 Å². The van der Waals surface area contributed by atoms with Crippen molar-refractivity contribution >= 4 is 28.8 Å². The Labute approximate surface area is 193 Å². The topological polar surface area (TPSA) is 51.3 Å². The second-order valence-electron chi connectivity index (χ2n) is 7.63. The Bertz CT molecular complexity index is 1340. The monoisotopic (exact) mass is 476 g/mol. The van der Waals surface area contributed by atoms with Crippen LogP contribution in [0.4, 0.5) is 8.78 Å². The fourth-order valence-corrected chi connectivity index (χ4v) is 4.03. The summed E-state index contributed by atoms with van der Waals surface area (Å²) in [4.78, 5) is 17.8. The van der Waals surface area contributed by atoms with Gasteiger partial charge in [0.1, 0.15) is 0 Å². The predicted molar refractivity (Wildman–Crippen MR) is 124 cm³/mol. The number of benzene rings is 2. The van der Waals surface area contributed by atoms with Gasteiger partial charge in [0.25, 0.3) is 11.5 Å². The molecule has 0 saturated carbocycles. The largest absolute Gasteiger partial charge is 0.307 e. The van der Waals surface area contributed by atoms with Gasteiger partial charge in [0.15, 0.2) is 5.65 Å². The molecule has 32 heavy (non-hydrogen) atoms. The van der Waals surface area contributed by atoms with Gasteiger partial charge in [-0.15, -0.1) is 0 Å². The average Bonchev–Trinajstić information content (AvgIpc) is 3.03. The first-order valence-electron chi connectivity index (χ1n) is 9.86. The van der Waals surface area contributed by atoms with Crippen LogP contribution in [0.1, 0.15) is 12.5 Å². The summed E-state index contributed by atoms with van der Waals surface area (Å²) in [7, 11) is 1.74. The number of hydrogen-bond donors (Lipinski definition) is 1. The lowest BCUT2D eigenvalue weighted by Crippen LogP contribution is -2.32. The van der Waals surface area contributed by atoms with Gasteiger partial charge in [-0.05, 0) is 23.8 Å². The van der Waals surface area contributed by atoms with Gasteiger partial charge < -0.3 is 5.32 Å². The summed E-state index contributed by atoms with van der Waals surface area (Å²) in [5.74, 6) is -2.88. The summed E-state index contributed by atoms with van der Waals surface area (Å²) < 4.78 is 29.4. The van der Waals surface area contributed by atoms with E-state index in [0.29, 0.717) is 26.9 Å². The molecule has 0 aliphatic carbocycles. The van der Waals surface area contributed by atoms with E-state index in [1.165, 1.54) is 10.7 Å². The maximum atomic E-state index is 13.3. The summed E-state index contributed by atoms with van der Waals surface area (Å²) in [5, 5.41) is 3.72. The van der Waals surface area contributed by atoms with Crippen molar-refractivity contribution in [1.29, 1.82) is 0 Å². The van der Waals surface area contributed by atoms with E-state index in [1.807, 2.05) is 30.3 Å². The van der Waals surface area contributed by atoms with Crippen LogP contribution in [-0.2, 0) is 13.6 Å². The van der Waals surface area contributed by atoms with E-state index in [0.717, 1.165) is 18.1 Å². The van der Waals surface area contributed by atoms with E-state index >= 15 is 0 Å². The number of aromatic nitrogens is 3. The van der Waals surface area contributed by atoms with Gasteiger partial charge in [-0.1, -0.05) is 53.5 Å². The van der Waals surface area contributed by atoms with Crippen molar-refractivity contribution in [3.63, 3.8) is 0 Å². The summed E-state index contributed by atoms with van der Waals surface area (Å²) in [5.41, 5.74) is 3.32. The Morgan fingerprint density at radius 1 is 1.09 bits per heavy atom. The van der Waals surface area contributed by atoms with E-state index in [9.17, 15) is 13.6 Å². The Kier molecular flexibility index (Phi) is 6.07. The second kappa shape index (κ2) is 8.65. The van der Waals surface area contributed by atoms with Crippen LogP contribution >= 0.6 is 23.2 Å². The third-order valence-electron chi connectivity index (χ3n) is 5.11. The molecule has 9 heteroatoms. The van der Waals surface area contributed by atoms with E-state index in [4.69, 9.17) is 23.2 Å². The number of nitrogens with one attached hydrogen (secondary N) is 1. The molecule has 2 aromatic carbocycles. The molecule has 0 amide bonds. The third-order valence-corrected chi connectivity index (χ3v) is 5.69. The van der Waals surface area contributed by atoms with Crippen molar-refractivity contribution in [1.82, 2.24) is 19.5 Å². The highest BCUT2D eigenvalue weighted by Crippen LogP contribution is 2.38. The normalized spacial score (nSPS) is 11.9. The van der Waals surface area contributed by atoms with E-state index in [2.05, 4.69) is 10.3 Å². The number of aryl methyl sites for hydroxylation is 1. The van der Waals surface area contributed by atoms with Gasteiger partial charge in [0, 0.05) is 42.3 Å². The molecule has 0 aliphatic heterocycles. The molecular weight excluding hydrogens is 457 g/mol. The molecule has 4 aromatic rings. The first-order valence-corrected chi connectivity index (χ1v) is 10.6. The number of fused-ring (bicyclic) bond motifs is 1. The third kappa shape index (κ3) is 4.28. The number of alkyl halides is 2. The molecule has 0 bridgehead atoms. The number of halogens is 4. The van der Waals surface area contributed by atoms with Gasteiger partial charge >= 0.3 is 0 Å². The first-order chi connectivity index (χ1) is 15.2. The lowest BCUT2D eigenvalue weighted by molar-refractivity contribution is 0.0224. The zero-order valence-corrected chi connectivity index (χ0v) is 18.9. The van der Waals surface area contributed by atoms with Crippen LogP contribution < -0.4 is 10.9 Å². The van der Waals surface area contributed by atoms with E-state index < -0.39 is 12.5 Å². The fourth-order valence-electron chi connectivity index (χ4n) is 3.68. The summed E-state index contributed by atoms with van der Waals surface area (Å²) >= 11 is 12.6. The molecule has 0 saturated heterocycles. The van der Waals surface area contributed by atoms with Gasteiger partial charge in [-0.3, -0.25) is 9.48 Å². The average molecular weight is 477 g/mol. The molecule has 0 unspecified atom stereocenters. The van der Waals surface area contributed by atoms with Crippen molar-refractivity contribution in [2.75, 3.05) is 6.54 Å². The highest BCUT2D eigenvalue weighted by Gasteiger charge is 2.24. The molecule has 166 valence electrons. The Morgan fingerprint density at radius 2 is 1.78 bits per heavy atom. The molecule has 5 nitrogen and oxygen atoms in total. The van der Waals surface area contributed by atoms with Crippen LogP contribution in [0.2, 0.25) is 10.0 Å². The standard InChI is InChI=1S/C23H20Cl2F2N4O/c1-23(26,27)13-28-11-15-12-29-21-19(14-7-9-16(24)10-8-14)20(30(2)31(21)22(15)32)17-5-3-4-6-18(17)25/h3-10,12,28H,11,13H2,1-2H3. The molecule has 0 radical (unpaired) electrons. The van der Waals surface area contributed by atoms with Crippen LogP contribution in [-0.4, -0.2) is 26.6 Å². The number of nitrogens with zero attached hydrogens (tertiary/aromatic N) is 3. The molecule has 0 aliphatic rings. The summed E-state index contributed by atoms with van der Waals surface area (Å²) in [6, 6.07) is 14.6. The van der Waals surface area contributed by atoms with Gasteiger partial charge in [-0.25, -0.2) is 13.8 Å². The van der Waals surface area contributed by atoms with Crippen LogP contribution in [0.15, 0.2) is 59.5 Å². The fraction of sp³-hybridized carbons (Fsp3) is 0.217. The molecule has 0 fully saturated rings. The van der Waals surface area contributed by atoms with Gasteiger partial charge in [0.2, 0.25) is 0 Å². The lowest BCUT2D eigenvalue weighted by atomic mass is 10.0.